The van der Waals surface area contributed by atoms with E-state index in [4.69, 9.17) is 0 Å². The molecule has 0 aromatic heterocycles. The van der Waals surface area contributed by atoms with E-state index in [1.807, 2.05) is 37.3 Å². The quantitative estimate of drug-likeness (QED) is 0.828. The van der Waals surface area contributed by atoms with Gasteiger partial charge in [0.15, 0.2) is 0 Å². The number of halogens is 2. The van der Waals surface area contributed by atoms with E-state index in [0.717, 1.165) is 10.0 Å². The molecule has 112 valence electrons. The number of nitrogens with one attached hydrogen (secondary N) is 1. The van der Waals surface area contributed by atoms with Gasteiger partial charge in [-0.1, -0.05) is 46.3 Å². The van der Waals surface area contributed by atoms with Crippen molar-refractivity contribution in [1.29, 1.82) is 0 Å². The van der Waals surface area contributed by atoms with Gasteiger partial charge in [0, 0.05) is 22.1 Å². The highest BCUT2D eigenvalue weighted by Gasteiger charge is 2.16. The van der Waals surface area contributed by atoms with Gasteiger partial charge >= 0.3 is 0 Å². The molecule has 0 fully saturated rings. The van der Waals surface area contributed by atoms with Gasteiger partial charge in [-0.25, -0.2) is 4.39 Å². The maximum atomic E-state index is 13.9. The van der Waals surface area contributed by atoms with Crippen LogP contribution < -0.4 is 5.32 Å². The predicted octanol–water partition coefficient (Wildman–Crippen LogP) is 3.84. The van der Waals surface area contributed by atoms with Crippen LogP contribution in [0.4, 0.5) is 4.39 Å². The van der Waals surface area contributed by atoms with Crippen molar-refractivity contribution in [2.24, 2.45) is 0 Å². The molecule has 2 unspecified atom stereocenters. The Balaban J connectivity index is 2.05. The molecule has 2 aromatic rings. The zero-order chi connectivity index (χ0) is 15.2. The summed E-state index contributed by atoms with van der Waals surface area (Å²) in [5, 5.41) is 12.8. The monoisotopic (exact) mass is 351 g/mol. The van der Waals surface area contributed by atoms with E-state index in [0.29, 0.717) is 12.0 Å². The number of aliphatic hydroxyl groups excluding tert-OH is 1. The first-order chi connectivity index (χ1) is 10.1. The Kier molecular flexibility index (Phi) is 5.91. The minimum absolute atomic E-state index is 0.00879. The van der Waals surface area contributed by atoms with E-state index in [1.54, 1.807) is 12.1 Å². The third-order valence-corrected chi connectivity index (χ3v) is 3.95. The van der Waals surface area contributed by atoms with E-state index in [1.165, 1.54) is 6.07 Å². The molecule has 2 nitrogen and oxygen atoms in total. The fraction of sp³-hybridized carbons (Fsp3) is 0.294. The molecule has 0 aliphatic heterocycles. The Morgan fingerprint density at radius 3 is 2.57 bits per heavy atom. The predicted molar refractivity (Wildman–Crippen MR) is 86.7 cm³/mol. The number of hydrogen-bond acceptors (Lipinski definition) is 2. The van der Waals surface area contributed by atoms with Gasteiger partial charge in [-0.15, -0.1) is 0 Å². The van der Waals surface area contributed by atoms with Gasteiger partial charge in [-0.3, -0.25) is 0 Å². The average Bonchev–Trinajstić information content (AvgIpc) is 2.50. The molecule has 0 radical (unpaired) electrons. The first-order valence-electron chi connectivity index (χ1n) is 6.96. The molecule has 21 heavy (non-hydrogen) atoms. The standard InChI is InChI=1S/C17H19BrFNO/c1-12(16-10-14(18)7-8-17(16)19)20-15(11-21)9-13-5-3-2-4-6-13/h2-8,10,12,15,20-21H,9,11H2,1H3. The molecule has 0 aliphatic rings. The molecule has 0 saturated heterocycles. The van der Waals surface area contributed by atoms with Crippen molar-refractivity contribution in [3.8, 4) is 0 Å². The van der Waals surface area contributed by atoms with Crippen molar-refractivity contribution < 1.29 is 9.50 Å². The fourth-order valence-electron chi connectivity index (χ4n) is 2.36. The molecule has 0 bridgehead atoms. The van der Waals surface area contributed by atoms with Crippen LogP contribution in [0.5, 0.6) is 0 Å². The molecule has 0 spiro atoms. The Labute approximate surface area is 133 Å². The topological polar surface area (TPSA) is 32.3 Å². The Hall–Kier alpha value is -1.23. The van der Waals surface area contributed by atoms with Crippen molar-refractivity contribution in [2.45, 2.75) is 25.4 Å². The molecule has 2 N–H and O–H groups in total. The summed E-state index contributed by atoms with van der Waals surface area (Å²) >= 11 is 3.36. The van der Waals surface area contributed by atoms with Gasteiger partial charge in [0.2, 0.25) is 0 Å². The molecule has 0 amide bonds. The van der Waals surface area contributed by atoms with Crippen LogP contribution in [0.2, 0.25) is 0 Å². The second kappa shape index (κ2) is 7.69. The van der Waals surface area contributed by atoms with E-state index in [2.05, 4.69) is 21.2 Å². The lowest BCUT2D eigenvalue weighted by atomic mass is 10.0. The van der Waals surface area contributed by atoms with Crippen molar-refractivity contribution in [3.05, 3.63) is 69.9 Å². The maximum Gasteiger partial charge on any atom is 0.128 e. The highest BCUT2D eigenvalue weighted by Crippen LogP contribution is 2.22. The van der Waals surface area contributed by atoms with E-state index in [-0.39, 0.29) is 24.5 Å². The highest BCUT2D eigenvalue weighted by atomic mass is 79.9. The van der Waals surface area contributed by atoms with E-state index in [9.17, 15) is 9.50 Å². The molecule has 0 aliphatic carbocycles. The van der Waals surface area contributed by atoms with Crippen LogP contribution in [-0.4, -0.2) is 17.8 Å². The number of aliphatic hydroxyl groups is 1. The first-order valence-corrected chi connectivity index (χ1v) is 7.75. The third-order valence-electron chi connectivity index (χ3n) is 3.46. The van der Waals surface area contributed by atoms with Gasteiger partial charge in [0.05, 0.1) is 6.61 Å². The molecule has 0 saturated carbocycles. The molecule has 2 atom stereocenters. The van der Waals surface area contributed by atoms with Crippen LogP contribution in [0.1, 0.15) is 24.1 Å². The van der Waals surface area contributed by atoms with Crippen LogP contribution in [0, 0.1) is 5.82 Å². The third kappa shape index (κ3) is 4.63. The maximum absolute atomic E-state index is 13.9. The summed E-state index contributed by atoms with van der Waals surface area (Å²) in [6.07, 6.45) is 0.706. The lowest BCUT2D eigenvalue weighted by Crippen LogP contribution is -2.36. The lowest BCUT2D eigenvalue weighted by Gasteiger charge is -2.22. The second-order valence-electron chi connectivity index (χ2n) is 5.12. The Bertz CT molecular complexity index is 576. The summed E-state index contributed by atoms with van der Waals surface area (Å²) in [6.45, 7) is 1.91. The fourth-order valence-corrected chi connectivity index (χ4v) is 2.74. The molecule has 0 heterocycles. The second-order valence-corrected chi connectivity index (χ2v) is 6.04. The van der Waals surface area contributed by atoms with E-state index < -0.39 is 0 Å². The minimum Gasteiger partial charge on any atom is -0.395 e. The summed E-state index contributed by atoms with van der Waals surface area (Å²) in [6, 6.07) is 14.6. The van der Waals surface area contributed by atoms with Crippen LogP contribution >= 0.6 is 15.9 Å². The van der Waals surface area contributed by atoms with Gasteiger partial charge in [-0.05, 0) is 37.1 Å². The number of benzene rings is 2. The zero-order valence-electron chi connectivity index (χ0n) is 11.9. The molecular weight excluding hydrogens is 333 g/mol. The van der Waals surface area contributed by atoms with Gasteiger partial charge in [0.25, 0.3) is 0 Å². The van der Waals surface area contributed by atoms with Gasteiger partial charge in [0.1, 0.15) is 5.82 Å². The smallest absolute Gasteiger partial charge is 0.128 e. The number of rotatable bonds is 6. The van der Waals surface area contributed by atoms with Crippen molar-refractivity contribution in [1.82, 2.24) is 5.32 Å². The summed E-state index contributed by atoms with van der Waals surface area (Å²) in [5.74, 6) is -0.241. The van der Waals surface area contributed by atoms with Crippen LogP contribution in [0.3, 0.4) is 0 Å². The normalized spacial score (nSPS) is 13.9. The zero-order valence-corrected chi connectivity index (χ0v) is 13.5. The summed E-state index contributed by atoms with van der Waals surface area (Å²) in [4.78, 5) is 0. The first kappa shape index (κ1) is 16.1. The summed E-state index contributed by atoms with van der Waals surface area (Å²) in [5.41, 5.74) is 1.74. The molecule has 2 rings (SSSR count). The van der Waals surface area contributed by atoms with E-state index >= 15 is 0 Å². The van der Waals surface area contributed by atoms with Crippen molar-refractivity contribution in [2.75, 3.05) is 6.61 Å². The molecular formula is C17H19BrFNO. The van der Waals surface area contributed by atoms with Crippen molar-refractivity contribution in [3.63, 3.8) is 0 Å². The lowest BCUT2D eigenvalue weighted by molar-refractivity contribution is 0.232. The van der Waals surface area contributed by atoms with Gasteiger partial charge < -0.3 is 10.4 Å². The van der Waals surface area contributed by atoms with Crippen LogP contribution in [0.25, 0.3) is 0 Å². The van der Waals surface area contributed by atoms with Crippen LogP contribution in [-0.2, 0) is 6.42 Å². The number of hydrogen-bond donors (Lipinski definition) is 2. The summed E-state index contributed by atoms with van der Waals surface area (Å²) < 4.78 is 14.7. The van der Waals surface area contributed by atoms with Gasteiger partial charge in [-0.2, -0.15) is 0 Å². The Morgan fingerprint density at radius 2 is 1.90 bits per heavy atom. The molecule has 4 heteroatoms. The SMILES string of the molecule is CC(NC(CO)Cc1ccccc1)c1cc(Br)ccc1F. The Morgan fingerprint density at radius 1 is 1.19 bits per heavy atom. The summed E-state index contributed by atoms with van der Waals surface area (Å²) in [7, 11) is 0. The average molecular weight is 352 g/mol. The largest absolute Gasteiger partial charge is 0.395 e. The van der Waals surface area contributed by atoms with Crippen LogP contribution in [0.15, 0.2) is 53.0 Å². The highest BCUT2D eigenvalue weighted by molar-refractivity contribution is 9.10. The van der Waals surface area contributed by atoms with Crippen molar-refractivity contribution >= 4 is 15.9 Å². The minimum atomic E-state index is -0.241. The molecule has 2 aromatic carbocycles.